The monoisotopic (exact) mass is 342 g/mol. The number of aromatic hydroxyl groups is 2. The molecule has 2 N–H and O–H groups in total. The molecule has 2 unspecified atom stereocenters. The van der Waals surface area contributed by atoms with Crippen molar-refractivity contribution in [2.75, 3.05) is 13.2 Å². The molecule has 2 atom stereocenters. The molecule has 0 saturated carbocycles. The molecule has 2 heterocycles. The van der Waals surface area contributed by atoms with E-state index < -0.39 is 12.0 Å². The van der Waals surface area contributed by atoms with E-state index in [4.69, 9.17) is 14.2 Å². The Labute approximate surface area is 144 Å². The Balaban J connectivity index is 1.76. The highest BCUT2D eigenvalue weighted by molar-refractivity contribution is 6.07. The largest absolute Gasteiger partial charge is 0.508 e. The van der Waals surface area contributed by atoms with Crippen LogP contribution >= 0.6 is 0 Å². The smallest absolute Gasteiger partial charge is 0.181 e. The number of ether oxygens (including phenoxy) is 3. The summed E-state index contributed by atoms with van der Waals surface area (Å²) in [6, 6.07) is 7.89. The number of fused-ring (bicyclic) bond motifs is 2. The van der Waals surface area contributed by atoms with E-state index in [1.165, 1.54) is 6.07 Å². The van der Waals surface area contributed by atoms with E-state index in [1.807, 2.05) is 6.07 Å². The SMILES string of the molecule is CC1Oc2cc(O)cc(O)c2C(=O)C1c1ccc2c(c1)OCCCO2. The molecule has 0 radical (unpaired) electrons. The first kappa shape index (κ1) is 15.6. The minimum absolute atomic E-state index is 0.0908. The normalized spacial score (nSPS) is 21.9. The van der Waals surface area contributed by atoms with Crippen molar-refractivity contribution < 1.29 is 29.2 Å². The van der Waals surface area contributed by atoms with Gasteiger partial charge >= 0.3 is 0 Å². The van der Waals surface area contributed by atoms with Crippen LogP contribution in [0.15, 0.2) is 30.3 Å². The van der Waals surface area contributed by atoms with Crippen molar-refractivity contribution in [2.24, 2.45) is 0 Å². The van der Waals surface area contributed by atoms with E-state index in [0.29, 0.717) is 24.7 Å². The predicted molar refractivity (Wildman–Crippen MR) is 89.0 cm³/mol. The van der Waals surface area contributed by atoms with Gasteiger partial charge in [-0.1, -0.05) is 6.07 Å². The van der Waals surface area contributed by atoms with Gasteiger partial charge in [0.2, 0.25) is 0 Å². The summed E-state index contributed by atoms with van der Waals surface area (Å²) in [5.74, 6) is 0.194. The number of phenolic OH excluding ortho intramolecular Hbond substituents is 2. The summed E-state index contributed by atoms with van der Waals surface area (Å²) in [6.45, 7) is 2.94. The molecule has 0 saturated heterocycles. The van der Waals surface area contributed by atoms with Crippen molar-refractivity contribution >= 4 is 5.78 Å². The van der Waals surface area contributed by atoms with Gasteiger partial charge < -0.3 is 24.4 Å². The third-order valence-corrected chi connectivity index (χ3v) is 4.51. The van der Waals surface area contributed by atoms with Crippen LogP contribution < -0.4 is 14.2 Å². The average Bonchev–Trinajstić information content (AvgIpc) is 2.78. The van der Waals surface area contributed by atoms with Crippen LogP contribution in [0.2, 0.25) is 0 Å². The van der Waals surface area contributed by atoms with Crippen molar-refractivity contribution in [2.45, 2.75) is 25.4 Å². The quantitative estimate of drug-likeness (QED) is 0.829. The molecule has 2 aromatic rings. The molecule has 0 aromatic heterocycles. The summed E-state index contributed by atoms with van der Waals surface area (Å²) in [5.41, 5.74) is 0.827. The Bertz CT molecular complexity index is 844. The summed E-state index contributed by atoms with van der Waals surface area (Å²) in [6.07, 6.45) is 0.349. The zero-order valence-corrected chi connectivity index (χ0v) is 13.7. The zero-order chi connectivity index (χ0) is 17.6. The van der Waals surface area contributed by atoms with Crippen LogP contribution in [0, 0.1) is 0 Å². The van der Waals surface area contributed by atoms with Crippen LogP contribution in [-0.2, 0) is 0 Å². The average molecular weight is 342 g/mol. The Hall–Kier alpha value is -2.89. The second-order valence-electron chi connectivity index (χ2n) is 6.26. The number of hydrogen-bond acceptors (Lipinski definition) is 6. The van der Waals surface area contributed by atoms with Crippen molar-refractivity contribution in [1.29, 1.82) is 0 Å². The Morgan fingerprint density at radius 2 is 1.76 bits per heavy atom. The number of Topliss-reactive ketones (excluding diaryl/α,β-unsaturated/α-hetero) is 1. The molecule has 6 heteroatoms. The second kappa shape index (κ2) is 5.88. The maximum atomic E-state index is 13.0. The minimum Gasteiger partial charge on any atom is -0.508 e. The lowest BCUT2D eigenvalue weighted by molar-refractivity contribution is 0.0805. The van der Waals surface area contributed by atoms with Gasteiger partial charge in [0, 0.05) is 18.6 Å². The van der Waals surface area contributed by atoms with Crippen molar-refractivity contribution in [3.8, 4) is 28.7 Å². The van der Waals surface area contributed by atoms with E-state index >= 15 is 0 Å². The third-order valence-electron chi connectivity index (χ3n) is 4.51. The van der Waals surface area contributed by atoms with Crippen LogP contribution in [0.25, 0.3) is 0 Å². The highest BCUT2D eigenvalue weighted by Crippen LogP contribution is 2.44. The molecule has 2 aromatic carbocycles. The molecule has 0 fully saturated rings. The van der Waals surface area contributed by atoms with Crippen molar-refractivity contribution in [3.63, 3.8) is 0 Å². The summed E-state index contributed by atoms with van der Waals surface area (Å²) in [5, 5.41) is 19.7. The van der Waals surface area contributed by atoms with Gasteiger partial charge in [0.15, 0.2) is 17.3 Å². The third kappa shape index (κ3) is 2.63. The molecule has 25 heavy (non-hydrogen) atoms. The summed E-state index contributed by atoms with van der Waals surface area (Å²) < 4.78 is 17.1. The summed E-state index contributed by atoms with van der Waals surface area (Å²) in [4.78, 5) is 13.0. The molecule has 4 rings (SSSR count). The van der Waals surface area contributed by atoms with Crippen molar-refractivity contribution in [3.05, 3.63) is 41.5 Å². The molecule has 130 valence electrons. The van der Waals surface area contributed by atoms with Crippen LogP contribution in [0.1, 0.15) is 35.2 Å². The Morgan fingerprint density at radius 3 is 2.56 bits per heavy atom. The Morgan fingerprint density at radius 1 is 1.00 bits per heavy atom. The molecule has 0 spiro atoms. The maximum Gasteiger partial charge on any atom is 0.181 e. The topological polar surface area (TPSA) is 85.2 Å². The van der Waals surface area contributed by atoms with Crippen LogP contribution in [0.5, 0.6) is 28.7 Å². The fourth-order valence-electron chi connectivity index (χ4n) is 3.36. The molecule has 6 nitrogen and oxygen atoms in total. The van der Waals surface area contributed by atoms with E-state index in [2.05, 4.69) is 0 Å². The van der Waals surface area contributed by atoms with E-state index in [1.54, 1.807) is 19.1 Å². The molecule has 0 aliphatic carbocycles. The molecular weight excluding hydrogens is 324 g/mol. The highest BCUT2D eigenvalue weighted by atomic mass is 16.5. The minimum atomic E-state index is -0.583. The second-order valence-corrected chi connectivity index (χ2v) is 6.26. The van der Waals surface area contributed by atoms with Gasteiger partial charge in [-0.25, -0.2) is 0 Å². The first-order chi connectivity index (χ1) is 12.0. The van der Waals surface area contributed by atoms with Gasteiger partial charge in [0.1, 0.15) is 28.9 Å². The summed E-state index contributed by atoms with van der Waals surface area (Å²) in [7, 11) is 0. The van der Waals surface area contributed by atoms with Gasteiger partial charge in [0.05, 0.1) is 19.1 Å². The standard InChI is InChI=1S/C19H18O6/c1-10-17(11-3-4-14-15(7-11)24-6-2-5-23-14)19(22)18-13(21)8-12(20)9-16(18)25-10/h3-4,7-10,17,20-21H,2,5-6H2,1H3. The maximum absolute atomic E-state index is 13.0. The van der Waals surface area contributed by atoms with Crippen LogP contribution in [-0.4, -0.2) is 35.3 Å². The lowest BCUT2D eigenvalue weighted by Crippen LogP contribution is -2.33. The lowest BCUT2D eigenvalue weighted by Gasteiger charge is -2.31. The number of carbonyl (C=O) groups excluding carboxylic acids is 1. The van der Waals surface area contributed by atoms with Gasteiger partial charge in [-0.2, -0.15) is 0 Å². The zero-order valence-electron chi connectivity index (χ0n) is 13.7. The number of benzene rings is 2. The number of carbonyl (C=O) groups is 1. The van der Waals surface area contributed by atoms with E-state index in [-0.39, 0.29) is 28.6 Å². The molecule has 0 bridgehead atoms. The number of hydrogen-bond donors (Lipinski definition) is 2. The van der Waals surface area contributed by atoms with Gasteiger partial charge in [-0.15, -0.1) is 0 Å². The fraction of sp³-hybridized carbons (Fsp3) is 0.316. The molecule has 2 aliphatic heterocycles. The first-order valence-corrected chi connectivity index (χ1v) is 8.21. The van der Waals surface area contributed by atoms with Crippen LogP contribution in [0.3, 0.4) is 0 Å². The molecule has 2 aliphatic rings. The predicted octanol–water partition coefficient (Wildman–Crippen LogP) is 3.01. The lowest BCUT2D eigenvalue weighted by atomic mass is 9.84. The van der Waals surface area contributed by atoms with Gasteiger partial charge in [0.25, 0.3) is 0 Å². The van der Waals surface area contributed by atoms with Gasteiger partial charge in [-0.05, 0) is 24.6 Å². The van der Waals surface area contributed by atoms with E-state index in [9.17, 15) is 15.0 Å². The van der Waals surface area contributed by atoms with E-state index in [0.717, 1.165) is 18.1 Å². The number of ketones is 1. The summed E-state index contributed by atoms with van der Waals surface area (Å²) >= 11 is 0. The van der Waals surface area contributed by atoms with Crippen LogP contribution in [0.4, 0.5) is 0 Å². The molecular formula is C19H18O6. The van der Waals surface area contributed by atoms with Gasteiger partial charge in [-0.3, -0.25) is 4.79 Å². The Kier molecular flexibility index (Phi) is 3.67. The highest BCUT2D eigenvalue weighted by Gasteiger charge is 2.38. The van der Waals surface area contributed by atoms with Crippen molar-refractivity contribution in [1.82, 2.24) is 0 Å². The number of phenols is 2. The fourth-order valence-corrected chi connectivity index (χ4v) is 3.36. The molecule has 0 amide bonds. The first-order valence-electron chi connectivity index (χ1n) is 8.21. The number of rotatable bonds is 1.